The molecule has 1 aliphatic rings. The third-order valence-electron chi connectivity index (χ3n) is 2.80. The fraction of sp³-hybridized carbons (Fsp3) is 0.750. The molecule has 1 saturated heterocycles. The van der Waals surface area contributed by atoms with E-state index >= 15 is 0 Å². The van der Waals surface area contributed by atoms with Gasteiger partial charge in [0.05, 0.1) is 0 Å². The van der Waals surface area contributed by atoms with Crippen molar-refractivity contribution in [2.75, 3.05) is 6.54 Å². The Morgan fingerprint density at radius 3 is 2.82 bits per heavy atom. The molecule has 0 saturated carbocycles. The van der Waals surface area contributed by atoms with E-state index in [2.05, 4.69) is 24.1 Å². The zero-order chi connectivity index (χ0) is 11.1. The molecule has 0 radical (unpaired) electrons. The third kappa shape index (κ3) is 8.47. The van der Waals surface area contributed by atoms with Crippen LogP contribution in [0.2, 0.25) is 0 Å². The Morgan fingerprint density at radius 1 is 1.53 bits per heavy atom. The van der Waals surface area contributed by atoms with Gasteiger partial charge in [0, 0.05) is 18.5 Å². The lowest BCUT2D eigenvalue weighted by Gasteiger charge is -2.28. The van der Waals surface area contributed by atoms with Crippen molar-refractivity contribution in [3.8, 4) is 0 Å². The molecular weight excluding hydrogens is 259 g/mol. The van der Waals surface area contributed by atoms with Crippen LogP contribution in [0.3, 0.4) is 0 Å². The topological polar surface area (TPSA) is 41.1 Å². The first-order valence-electron chi connectivity index (χ1n) is 5.86. The van der Waals surface area contributed by atoms with Crippen LogP contribution in [-0.4, -0.2) is 24.5 Å². The summed E-state index contributed by atoms with van der Waals surface area (Å²) in [6.07, 6.45) is 6.43. The zero-order valence-electron chi connectivity index (χ0n) is 10.4. The first kappa shape index (κ1) is 19.1. The number of unbranched alkanes of at least 4 members (excludes halogenated alkanes) is 1. The minimum absolute atomic E-state index is 0. The molecule has 0 aromatic rings. The van der Waals surface area contributed by atoms with Crippen molar-refractivity contribution in [1.82, 2.24) is 10.6 Å². The number of hydrogen-bond donors (Lipinski definition) is 2. The van der Waals surface area contributed by atoms with Gasteiger partial charge in [0.2, 0.25) is 5.91 Å². The lowest BCUT2D eigenvalue weighted by atomic mass is 10.0. The SMILES string of the molecule is C=CCCCC(=O)NC1CCNC(C)C1.Cl.Cl. The van der Waals surface area contributed by atoms with Gasteiger partial charge >= 0.3 is 0 Å². The molecule has 102 valence electrons. The molecule has 17 heavy (non-hydrogen) atoms. The highest BCUT2D eigenvalue weighted by Gasteiger charge is 2.19. The Kier molecular flexibility index (Phi) is 12.2. The molecule has 0 spiro atoms. The molecule has 5 heteroatoms. The van der Waals surface area contributed by atoms with Crippen LogP contribution in [0.25, 0.3) is 0 Å². The lowest BCUT2D eigenvalue weighted by Crippen LogP contribution is -2.46. The number of halogens is 2. The second kappa shape index (κ2) is 10.9. The van der Waals surface area contributed by atoms with Crippen molar-refractivity contribution in [1.29, 1.82) is 0 Å². The summed E-state index contributed by atoms with van der Waals surface area (Å²) in [6.45, 7) is 6.82. The third-order valence-corrected chi connectivity index (χ3v) is 2.80. The van der Waals surface area contributed by atoms with E-state index in [1.807, 2.05) is 6.08 Å². The van der Waals surface area contributed by atoms with Crippen molar-refractivity contribution < 1.29 is 4.79 Å². The average Bonchev–Trinajstić information content (AvgIpc) is 2.18. The number of hydrogen-bond acceptors (Lipinski definition) is 2. The van der Waals surface area contributed by atoms with Gasteiger partial charge in [-0.1, -0.05) is 6.08 Å². The van der Waals surface area contributed by atoms with Crippen molar-refractivity contribution in [3.63, 3.8) is 0 Å². The van der Waals surface area contributed by atoms with E-state index in [0.29, 0.717) is 18.5 Å². The van der Waals surface area contributed by atoms with Gasteiger partial charge in [-0.15, -0.1) is 31.4 Å². The van der Waals surface area contributed by atoms with Crippen LogP contribution in [0.15, 0.2) is 12.7 Å². The van der Waals surface area contributed by atoms with Gasteiger partial charge in [-0.05, 0) is 39.2 Å². The van der Waals surface area contributed by atoms with E-state index in [0.717, 1.165) is 32.2 Å². The molecule has 0 bridgehead atoms. The van der Waals surface area contributed by atoms with Gasteiger partial charge in [0.1, 0.15) is 0 Å². The van der Waals surface area contributed by atoms with Crippen molar-refractivity contribution in [3.05, 3.63) is 12.7 Å². The summed E-state index contributed by atoms with van der Waals surface area (Å²) >= 11 is 0. The predicted octanol–water partition coefficient (Wildman–Crippen LogP) is 2.44. The van der Waals surface area contributed by atoms with Crippen LogP contribution >= 0.6 is 24.8 Å². The maximum absolute atomic E-state index is 11.5. The Morgan fingerprint density at radius 2 is 2.24 bits per heavy atom. The predicted molar refractivity (Wildman–Crippen MR) is 77.2 cm³/mol. The monoisotopic (exact) mass is 282 g/mol. The van der Waals surface area contributed by atoms with Gasteiger partial charge in [-0.3, -0.25) is 4.79 Å². The minimum Gasteiger partial charge on any atom is -0.353 e. The molecule has 1 aliphatic heterocycles. The summed E-state index contributed by atoms with van der Waals surface area (Å²) in [4.78, 5) is 11.5. The van der Waals surface area contributed by atoms with Crippen LogP contribution in [0.5, 0.6) is 0 Å². The Bertz CT molecular complexity index is 225. The van der Waals surface area contributed by atoms with E-state index in [9.17, 15) is 4.79 Å². The number of allylic oxidation sites excluding steroid dienone is 1. The first-order chi connectivity index (χ1) is 7.22. The first-order valence-corrected chi connectivity index (χ1v) is 5.86. The summed E-state index contributed by atoms with van der Waals surface area (Å²) in [7, 11) is 0. The van der Waals surface area contributed by atoms with E-state index in [4.69, 9.17) is 0 Å². The van der Waals surface area contributed by atoms with Crippen LogP contribution in [-0.2, 0) is 4.79 Å². The highest BCUT2D eigenvalue weighted by Crippen LogP contribution is 2.08. The van der Waals surface area contributed by atoms with E-state index in [1.54, 1.807) is 0 Å². The number of nitrogens with one attached hydrogen (secondary N) is 2. The molecule has 2 atom stereocenters. The molecule has 0 aromatic carbocycles. The molecular formula is C12H24Cl2N2O. The molecule has 1 fully saturated rings. The molecule has 1 amide bonds. The van der Waals surface area contributed by atoms with Crippen LogP contribution in [0, 0.1) is 0 Å². The second-order valence-electron chi connectivity index (χ2n) is 4.32. The summed E-state index contributed by atoms with van der Waals surface area (Å²) in [5.41, 5.74) is 0. The Hall–Kier alpha value is -0.250. The highest BCUT2D eigenvalue weighted by molar-refractivity contribution is 5.85. The van der Waals surface area contributed by atoms with Crippen molar-refractivity contribution in [2.45, 2.75) is 51.1 Å². The van der Waals surface area contributed by atoms with Crippen LogP contribution in [0.1, 0.15) is 39.0 Å². The average molecular weight is 283 g/mol. The van der Waals surface area contributed by atoms with Gasteiger partial charge in [0.25, 0.3) is 0 Å². The van der Waals surface area contributed by atoms with Gasteiger partial charge in [-0.25, -0.2) is 0 Å². The van der Waals surface area contributed by atoms with E-state index in [-0.39, 0.29) is 30.7 Å². The second-order valence-corrected chi connectivity index (χ2v) is 4.32. The fourth-order valence-corrected chi connectivity index (χ4v) is 1.97. The molecule has 1 heterocycles. The Labute approximate surface area is 117 Å². The van der Waals surface area contributed by atoms with Crippen LogP contribution < -0.4 is 10.6 Å². The van der Waals surface area contributed by atoms with Gasteiger partial charge < -0.3 is 10.6 Å². The number of rotatable bonds is 5. The summed E-state index contributed by atoms with van der Waals surface area (Å²) < 4.78 is 0. The molecule has 1 rings (SSSR count). The summed E-state index contributed by atoms with van der Waals surface area (Å²) in [5, 5.41) is 6.47. The maximum atomic E-state index is 11.5. The largest absolute Gasteiger partial charge is 0.353 e. The van der Waals surface area contributed by atoms with Gasteiger partial charge in [0.15, 0.2) is 0 Å². The molecule has 2 unspecified atom stereocenters. The molecule has 0 aliphatic carbocycles. The number of carbonyl (C=O) groups is 1. The van der Waals surface area contributed by atoms with Gasteiger partial charge in [-0.2, -0.15) is 0 Å². The zero-order valence-corrected chi connectivity index (χ0v) is 12.0. The normalized spacial score (nSPS) is 22.9. The number of amides is 1. The van der Waals surface area contributed by atoms with E-state index in [1.165, 1.54) is 0 Å². The van der Waals surface area contributed by atoms with Crippen LogP contribution in [0.4, 0.5) is 0 Å². The standard InChI is InChI=1S/C12H22N2O.2ClH/c1-3-4-5-6-12(15)14-11-7-8-13-10(2)9-11;;/h3,10-11,13H,1,4-9H2,2H3,(H,14,15);2*1H. The highest BCUT2D eigenvalue weighted by atomic mass is 35.5. The molecule has 3 nitrogen and oxygen atoms in total. The van der Waals surface area contributed by atoms with Crippen molar-refractivity contribution >= 4 is 30.7 Å². The summed E-state index contributed by atoms with van der Waals surface area (Å²) in [6, 6.07) is 0.898. The molecule has 2 N–H and O–H groups in total. The summed E-state index contributed by atoms with van der Waals surface area (Å²) in [5.74, 6) is 0.191. The Balaban J connectivity index is 0. The van der Waals surface area contributed by atoms with Crippen molar-refractivity contribution in [2.24, 2.45) is 0 Å². The van der Waals surface area contributed by atoms with E-state index < -0.39 is 0 Å². The number of piperidine rings is 1. The maximum Gasteiger partial charge on any atom is 0.220 e. The molecule has 0 aromatic heterocycles. The quantitative estimate of drug-likeness (QED) is 0.601. The smallest absolute Gasteiger partial charge is 0.220 e. The minimum atomic E-state index is 0. The lowest BCUT2D eigenvalue weighted by molar-refractivity contribution is -0.122. The fourth-order valence-electron chi connectivity index (χ4n) is 1.97. The number of carbonyl (C=O) groups excluding carboxylic acids is 1.